The van der Waals surface area contributed by atoms with Crippen LogP contribution < -0.4 is 14.2 Å². The summed E-state index contributed by atoms with van der Waals surface area (Å²) >= 11 is 0. The minimum absolute atomic E-state index is 0.642. The molecule has 0 N–H and O–H groups in total. The van der Waals surface area contributed by atoms with Crippen LogP contribution in [0.5, 0.6) is 17.2 Å². The van der Waals surface area contributed by atoms with Crippen LogP contribution in [0.25, 0.3) is 0 Å². The largest absolute Gasteiger partial charge is 0.493 e. The van der Waals surface area contributed by atoms with E-state index >= 15 is 0 Å². The molecule has 18 heavy (non-hydrogen) atoms. The molecular formula is C14H23NO3. The maximum absolute atomic E-state index is 5.34. The molecule has 0 unspecified atom stereocenters. The van der Waals surface area contributed by atoms with Crippen LogP contribution in [0.15, 0.2) is 12.1 Å². The first-order valence-corrected chi connectivity index (χ1v) is 6.21. The van der Waals surface area contributed by atoms with E-state index in [9.17, 15) is 0 Å². The molecule has 4 heteroatoms. The molecule has 0 heterocycles. The molecule has 0 saturated heterocycles. The second-order valence-corrected chi connectivity index (χ2v) is 3.99. The molecule has 1 aromatic rings. The molecule has 0 aliphatic carbocycles. The van der Waals surface area contributed by atoms with Gasteiger partial charge in [0.1, 0.15) is 0 Å². The zero-order valence-electron chi connectivity index (χ0n) is 11.9. The van der Waals surface area contributed by atoms with E-state index < -0.39 is 0 Å². The van der Waals surface area contributed by atoms with Crippen LogP contribution in [-0.4, -0.2) is 39.3 Å². The van der Waals surface area contributed by atoms with E-state index in [0.717, 1.165) is 25.2 Å². The van der Waals surface area contributed by atoms with Crippen molar-refractivity contribution in [2.45, 2.75) is 20.4 Å². The molecule has 0 spiro atoms. The summed E-state index contributed by atoms with van der Waals surface area (Å²) in [6.45, 7) is 7.23. The zero-order chi connectivity index (χ0) is 13.5. The smallest absolute Gasteiger partial charge is 0.203 e. The van der Waals surface area contributed by atoms with Crippen LogP contribution in [-0.2, 0) is 6.54 Å². The fourth-order valence-corrected chi connectivity index (χ4v) is 1.93. The number of hydrogen-bond donors (Lipinski definition) is 0. The molecule has 0 fully saturated rings. The highest BCUT2D eigenvalue weighted by atomic mass is 16.5. The van der Waals surface area contributed by atoms with Crippen LogP contribution in [0, 0.1) is 0 Å². The van der Waals surface area contributed by atoms with Gasteiger partial charge >= 0.3 is 0 Å². The molecule has 0 radical (unpaired) electrons. The number of nitrogens with zero attached hydrogens (tertiary/aromatic N) is 1. The lowest BCUT2D eigenvalue weighted by Crippen LogP contribution is -2.22. The third kappa shape index (κ3) is 3.29. The number of methoxy groups -OCH3 is 3. The van der Waals surface area contributed by atoms with Gasteiger partial charge in [0.25, 0.3) is 0 Å². The topological polar surface area (TPSA) is 30.9 Å². The second kappa shape index (κ2) is 7.11. The predicted molar refractivity (Wildman–Crippen MR) is 72.7 cm³/mol. The van der Waals surface area contributed by atoms with Crippen LogP contribution in [0.2, 0.25) is 0 Å². The van der Waals surface area contributed by atoms with Crippen LogP contribution in [0.4, 0.5) is 0 Å². The van der Waals surface area contributed by atoms with E-state index in [-0.39, 0.29) is 0 Å². The summed E-state index contributed by atoms with van der Waals surface area (Å²) in [4.78, 5) is 2.33. The Bertz CT molecular complexity index is 350. The van der Waals surface area contributed by atoms with E-state index in [0.29, 0.717) is 17.2 Å². The summed E-state index contributed by atoms with van der Waals surface area (Å²) < 4.78 is 16.0. The molecule has 1 aromatic carbocycles. The Kier molecular flexibility index (Phi) is 5.78. The molecule has 102 valence electrons. The first kappa shape index (κ1) is 14.6. The van der Waals surface area contributed by atoms with Crippen molar-refractivity contribution < 1.29 is 14.2 Å². The standard InChI is InChI=1S/C14H23NO3/c1-6-15(7-2)10-11-8-12(16-3)14(18-5)13(9-11)17-4/h8-9H,6-7,10H2,1-5H3. The van der Waals surface area contributed by atoms with Gasteiger partial charge in [-0.1, -0.05) is 13.8 Å². The van der Waals surface area contributed by atoms with Crippen molar-refractivity contribution in [2.75, 3.05) is 34.4 Å². The Morgan fingerprint density at radius 3 is 1.72 bits per heavy atom. The summed E-state index contributed by atoms with van der Waals surface area (Å²) in [6.07, 6.45) is 0. The van der Waals surface area contributed by atoms with Gasteiger partial charge in [-0.25, -0.2) is 0 Å². The highest BCUT2D eigenvalue weighted by molar-refractivity contribution is 5.53. The van der Waals surface area contributed by atoms with Gasteiger partial charge in [0, 0.05) is 6.54 Å². The molecule has 0 amide bonds. The van der Waals surface area contributed by atoms with Crippen molar-refractivity contribution in [1.82, 2.24) is 4.90 Å². The van der Waals surface area contributed by atoms with Gasteiger partial charge in [0.2, 0.25) is 5.75 Å². The molecule has 0 aromatic heterocycles. The third-order valence-corrected chi connectivity index (χ3v) is 3.03. The quantitative estimate of drug-likeness (QED) is 0.747. The molecular weight excluding hydrogens is 230 g/mol. The summed E-state index contributed by atoms with van der Waals surface area (Å²) in [5.41, 5.74) is 1.16. The Labute approximate surface area is 109 Å². The molecule has 0 bridgehead atoms. The Morgan fingerprint density at radius 1 is 0.889 bits per heavy atom. The SMILES string of the molecule is CCN(CC)Cc1cc(OC)c(OC)c(OC)c1. The predicted octanol–water partition coefficient (Wildman–Crippen LogP) is 2.55. The Morgan fingerprint density at radius 2 is 1.39 bits per heavy atom. The van der Waals surface area contributed by atoms with Gasteiger partial charge < -0.3 is 14.2 Å². The van der Waals surface area contributed by atoms with E-state index in [1.807, 2.05) is 12.1 Å². The van der Waals surface area contributed by atoms with Crippen molar-refractivity contribution in [1.29, 1.82) is 0 Å². The van der Waals surface area contributed by atoms with E-state index in [2.05, 4.69) is 18.7 Å². The Balaban J connectivity index is 3.06. The summed E-state index contributed by atoms with van der Waals surface area (Å²) in [5.74, 6) is 2.06. The molecule has 0 aliphatic heterocycles. The van der Waals surface area contributed by atoms with Gasteiger partial charge in [0.05, 0.1) is 21.3 Å². The number of hydrogen-bond acceptors (Lipinski definition) is 4. The highest BCUT2D eigenvalue weighted by Crippen LogP contribution is 2.38. The van der Waals surface area contributed by atoms with Crippen molar-refractivity contribution in [2.24, 2.45) is 0 Å². The van der Waals surface area contributed by atoms with Crippen molar-refractivity contribution in [3.8, 4) is 17.2 Å². The molecule has 1 rings (SSSR count). The van der Waals surface area contributed by atoms with Crippen LogP contribution in [0.1, 0.15) is 19.4 Å². The lowest BCUT2D eigenvalue weighted by Gasteiger charge is -2.20. The number of benzene rings is 1. The zero-order valence-corrected chi connectivity index (χ0v) is 11.9. The van der Waals surface area contributed by atoms with Gasteiger partial charge in [-0.3, -0.25) is 4.90 Å². The molecule has 4 nitrogen and oxygen atoms in total. The Hall–Kier alpha value is -1.42. The summed E-state index contributed by atoms with van der Waals surface area (Å²) in [6, 6.07) is 4.00. The number of rotatable bonds is 7. The maximum Gasteiger partial charge on any atom is 0.203 e. The van der Waals surface area contributed by atoms with Gasteiger partial charge in [-0.2, -0.15) is 0 Å². The van der Waals surface area contributed by atoms with E-state index in [1.165, 1.54) is 0 Å². The average molecular weight is 253 g/mol. The lowest BCUT2D eigenvalue weighted by molar-refractivity contribution is 0.291. The summed E-state index contributed by atoms with van der Waals surface area (Å²) in [5, 5.41) is 0. The third-order valence-electron chi connectivity index (χ3n) is 3.03. The van der Waals surface area contributed by atoms with Gasteiger partial charge in [-0.05, 0) is 30.8 Å². The monoisotopic (exact) mass is 253 g/mol. The first-order valence-electron chi connectivity index (χ1n) is 6.21. The van der Waals surface area contributed by atoms with Crippen molar-refractivity contribution in [3.63, 3.8) is 0 Å². The first-order chi connectivity index (χ1) is 8.69. The minimum atomic E-state index is 0.642. The van der Waals surface area contributed by atoms with E-state index in [4.69, 9.17) is 14.2 Å². The van der Waals surface area contributed by atoms with Gasteiger partial charge in [-0.15, -0.1) is 0 Å². The second-order valence-electron chi connectivity index (χ2n) is 3.99. The highest BCUT2D eigenvalue weighted by Gasteiger charge is 2.14. The van der Waals surface area contributed by atoms with Gasteiger partial charge in [0.15, 0.2) is 11.5 Å². The van der Waals surface area contributed by atoms with Crippen molar-refractivity contribution >= 4 is 0 Å². The molecule has 0 atom stereocenters. The average Bonchev–Trinajstić information content (AvgIpc) is 2.43. The maximum atomic E-state index is 5.34. The van der Waals surface area contributed by atoms with Crippen LogP contribution in [0.3, 0.4) is 0 Å². The fraction of sp³-hybridized carbons (Fsp3) is 0.571. The van der Waals surface area contributed by atoms with Crippen molar-refractivity contribution in [3.05, 3.63) is 17.7 Å². The minimum Gasteiger partial charge on any atom is -0.493 e. The summed E-state index contributed by atoms with van der Waals surface area (Å²) in [7, 11) is 4.89. The van der Waals surface area contributed by atoms with E-state index in [1.54, 1.807) is 21.3 Å². The lowest BCUT2D eigenvalue weighted by atomic mass is 10.1. The normalized spacial score (nSPS) is 10.6. The molecule has 0 aliphatic rings. The molecule has 0 saturated carbocycles. The fourth-order valence-electron chi connectivity index (χ4n) is 1.93. The van der Waals surface area contributed by atoms with Crippen LogP contribution >= 0.6 is 0 Å². The number of ether oxygens (including phenoxy) is 3.